The minimum atomic E-state index is -0.893. The van der Waals surface area contributed by atoms with Crippen molar-refractivity contribution in [3.8, 4) is 0 Å². The average Bonchev–Trinajstić information content (AvgIpc) is 2.86. The van der Waals surface area contributed by atoms with Crippen LogP contribution in [-0.4, -0.2) is 41.5 Å². The minimum absolute atomic E-state index is 0.0339. The first kappa shape index (κ1) is 17.9. The fourth-order valence-electron chi connectivity index (χ4n) is 5.46. The van der Waals surface area contributed by atoms with Crippen molar-refractivity contribution in [3.05, 3.63) is 12.3 Å². The molecule has 0 radical (unpaired) electrons. The summed E-state index contributed by atoms with van der Waals surface area (Å²) in [5.74, 6) is -0.978. The molecule has 1 spiro atoms. The molecular weight excluding hydrogens is 338 g/mol. The number of methoxy groups -OCH3 is 1. The molecule has 5 rings (SSSR count). The van der Waals surface area contributed by atoms with Crippen molar-refractivity contribution in [3.63, 3.8) is 0 Å². The van der Waals surface area contributed by atoms with Crippen molar-refractivity contribution >= 4 is 11.9 Å². The molecule has 5 aliphatic rings. The summed E-state index contributed by atoms with van der Waals surface area (Å²) in [6.07, 6.45) is 5.74. The summed E-state index contributed by atoms with van der Waals surface area (Å²) in [5.41, 5.74) is -0.707. The second kappa shape index (κ2) is 6.04. The van der Waals surface area contributed by atoms with Crippen molar-refractivity contribution in [2.75, 3.05) is 7.11 Å². The van der Waals surface area contributed by atoms with E-state index >= 15 is 0 Å². The summed E-state index contributed by atoms with van der Waals surface area (Å²) in [7, 11) is 1.31. The third-order valence-electron chi connectivity index (χ3n) is 6.87. The predicted octanol–water partition coefficient (Wildman–Crippen LogP) is 2.37. The molecule has 1 saturated carbocycles. The lowest BCUT2D eigenvalue weighted by Gasteiger charge is -2.61. The quantitative estimate of drug-likeness (QED) is 0.425. The Labute approximate surface area is 153 Å². The molecule has 2 bridgehead atoms. The van der Waals surface area contributed by atoms with E-state index in [1.54, 1.807) is 0 Å². The molecule has 5 fully saturated rings. The van der Waals surface area contributed by atoms with Gasteiger partial charge in [0.25, 0.3) is 0 Å². The van der Waals surface area contributed by atoms with E-state index in [4.69, 9.17) is 14.5 Å². The van der Waals surface area contributed by atoms with Gasteiger partial charge in [-0.25, -0.2) is 14.6 Å². The maximum absolute atomic E-state index is 13.1. The van der Waals surface area contributed by atoms with E-state index in [0.717, 1.165) is 19.3 Å². The maximum atomic E-state index is 13.1. The Morgan fingerprint density at radius 2 is 2.00 bits per heavy atom. The summed E-state index contributed by atoms with van der Waals surface area (Å²) < 4.78 is 11.0. The first-order valence-electron chi connectivity index (χ1n) is 9.45. The molecule has 1 amide bonds. The van der Waals surface area contributed by atoms with Crippen molar-refractivity contribution in [1.82, 2.24) is 4.90 Å². The molecule has 144 valence electrons. The van der Waals surface area contributed by atoms with Gasteiger partial charge in [-0.3, -0.25) is 9.69 Å². The van der Waals surface area contributed by atoms with E-state index in [0.29, 0.717) is 12.3 Å². The Morgan fingerprint density at radius 3 is 2.73 bits per heavy atom. The topological polar surface area (TPSA) is 74.3 Å². The fourth-order valence-corrected chi connectivity index (χ4v) is 5.46. The fraction of sp³-hybridized carbons (Fsp3) is 0.789. The van der Waals surface area contributed by atoms with Gasteiger partial charge in [0.05, 0.1) is 7.11 Å². The summed E-state index contributed by atoms with van der Waals surface area (Å²) >= 11 is 0. The number of rotatable bonds is 2. The van der Waals surface area contributed by atoms with Crippen LogP contribution in [0.1, 0.15) is 46.5 Å². The molecule has 26 heavy (non-hydrogen) atoms. The highest BCUT2D eigenvalue weighted by molar-refractivity contribution is 5.85. The van der Waals surface area contributed by atoms with Gasteiger partial charge in [-0.15, -0.1) is 0 Å². The molecule has 7 heteroatoms. The van der Waals surface area contributed by atoms with E-state index in [1.165, 1.54) is 24.3 Å². The van der Waals surface area contributed by atoms with Gasteiger partial charge in [0, 0.05) is 30.5 Å². The van der Waals surface area contributed by atoms with Gasteiger partial charge >= 0.3 is 5.97 Å². The number of hydrogen-bond acceptors (Lipinski definition) is 6. The third kappa shape index (κ3) is 2.37. The lowest BCUT2D eigenvalue weighted by atomic mass is 9.57. The van der Waals surface area contributed by atoms with Crippen LogP contribution in [0.15, 0.2) is 12.3 Å². The number of fused-ring (bicyclic) bond motifs is 2. The van der Waals surface area contributed by atoms with Gasteiger partial charge in [-0.05, 0) is 38.0 Å². The van der Waals surface area contributed by atoms with Crippen LogP contribution in [0.5, 0.6) is 0 Å². The molecule has 7 atom stereocenters. The number of carbonyl (C=O) groups excluding carboxylic acids is 2. The largest absolute Gasteiger partial charge is 0.466 e. The van der Waals surface area contributed by atoms with E-state index in [2.05, 4.69) is 11.7 Å². The number of nitrogens with zero attached hydrogens (tertiary/aromatic N) is 1. The SMILES string of the molecule is COC(=O)/C=C/N1C(=O)[C@H](C)[C@@H]2CC[C@@H](C)[C@@H]3CC[C@]4(C)OO[C@]32[C@H]1O4. The lowest BCUT2D eigenvalue weighted by Crippen LogP contribution is -2.74. The number of hydrogen-bond donors (Lipinski definition) is 0. The second-order valence-electron chi connectivity index (χ2n) is 8.30. The summed E-state index contributed by atoms with van der Waals surface area (Å²) in [6.45, 7) is 6.03. The van der Waals surface area contributed by atoms with Crippen LogP contribution in [0.25, 0.3) is 0 Å². The number of carbonyl (C=O) groups is 2. The highest BCUT2D eigenvalue weighted by Gasteiger charge is 2.70. The molecule has 0 aromatic rings. The zero-order valence-corrected chi connectivity index (χ0v) is 15.8. The first-order valence-corrected chi connectivity index (χ1v) is 9.45. The van der Waals surface area contributed by atoms with E-state index in [9.17, 15) is 9.59 Å². The highest BCUT2D eigenvalue weighted by Crippen LogP contribution is 2.60. The molecule has 0 aromatic carbocycles. The summed E-state index contributed by atoms with van der Waals surface area (Å²) in [4.78, 5) is 38.1. The van der Waals surface area contributed by atoms with Crippen LogP contribution in [0.3, 0.4) is 0 Å². The van der Waals surface area contributed by atoms with Crippen molar-refractivity contribution in [2.45, 2.75) is 64.1 Å². The van der Waals surface area contributed by atoms with Gasteiger partial charge in [-0.1, -0.05) is 13.8 Å². The monoisotopic (exact) mass is 365 g/mol. The Bertz CT molecular complexity index is 650. The van der Waals surface area contributed by atoms with Gasteiger partial charge in [0.1, 0.15) is 0 Å². The molecule has 0 unspecified atom stereocenters. The number of ether oxygens (including phenoxy) is 2. The summed E-state index contributed by atoms with van der Waals surface area (Å²) in [5, 5.41) is 0. The van der Waals surface area contributed by atoms with Gasteiger partial charge in [0.15, 0.2) is 11.8 Å². The number of likely N-dealkylation sites (tertiary alicyclic amines) is 1. The molecule has 0 aromatic heterocycles. The van der Waals surface area contributed by atoms with Gasteiger partial charge in [0.2, 0.25) is 11.7 Å². The highest BCUT2D eigenvalue weighted by atomic mass is 17.3. The molecule has 4 aliphatic heterocycles. The smallest absolute Gasteiger partial charge is 0.331 e. The summed E-state index contributed by atoms with van der Waals surface area (Å²) in [6, 6.07) is 0. The molecule has 7 nitrogen and oxygen atoms in total. The van der Waals surface area contributed by atoms with Crippen molar-refractivity contribution < 1.29 is 28.8 Å². The molecule has 4 heterocycles. The van der Waals surface area contributed by atoms with Gasteiger partial charge in [-0.2, -0.15) is 0 Å². The Balaban J connectivity index is 1.81. The van der Waals surface area contributed by atoms with Crippen LogP contribution in [0.4, 0.5) is 0 Å². The van der Waals surface area contributed by atoms with Crippen LogP contribution in [-0.2, 0) is 28.8 Å². The van der Waals surface area contributed by atoms with Crippen molar-refractivity contribution in [2.24, 2.45) is 23.7 Å². The van der Waals surface area contributed by atoms with E-state index in [-0.39, 0.29) is 23.7 Å². The van der Waals surface area contributed by atoms with E-state index in [1.807, 2.05) is 13.8 Å². The zero-order chi connectivity index (χ0) is 18.7. The molecule has 4 saturated heterocycles. The van der Waals surface area contributed by atoms with Crippen LogP contribution < -0.4 is 0 Å². The number of esters is 1. The van der Waals surface area contributed by atoms with Gasteiger partial charge < -0.3 is 9.47 Å². The van der Waals surface area contributed by atoms with Crippen LogP contribution >= 0.6 is 0 Å². The van der Waals surface area contributed by atoms with E-state index < -0.39 is 23.6 Å². The van der Waals surface area contributed by atoms with Crippen LogP contribution in [0, 0.1) is 23.7 Å². The Hall–Kier alpha value is -1.44. The zero-order valence-electron chi connectivity index (χ0n) is 15.8. The number of amides is 1. The lowest BCUT2D eigenvalue weighted by molar-refractivity contribution is -0.546. The Morgan fingerprint density at radius 1 is 1.23 bits per heavy atom. The molecule has 0 N–H and O–H groups in total. The molecular formula is C19H27NO6. The predicted molar refractivity (Wildman–Crippen MR) is 90.0 cm³/mol. The van der Waals surface area contributed by atoms with Crippen molar-refractivity contribution in [1.29, 1.82) is 0 Å². The Kier molecular flexibility index (Phi) is 4.17. The second-order valence-corrected chi connectivity index (χ2v) is 8.30. The standard InChI is InChI=1S/C19H27NO6/c1-11-5-6-14-12(2)16(22)20(10-8-15(21)23-4)17-19(14)13(11)7-9-18(3,24-17)25-26-19/h8,10-14,17H,5-7,9H2,1-4H3/b10-8+/t11-,12-,13+,14+,17-,18+,19-/m1/s1. The van der Waals surface area contributed by atoms with Crippen LogP contribution in [0.2, 0.25) is 0 Å². The average molecular weight is 365 g/mol. The maximum Gasteiger partial charge on any atom is 0.331 e. The third-order valence-corrected chi connectivity index (χ3v) is 6.87. The minimum Gasteiger partial charge on any atom is -0.466 e. The normalized spacial score (nSPS) is 47.6. The first-order chi connectivity index (χ1) is 12.3. The number of piperidine rings is 1. The molecule has 1 aliphatic carbocycles.